The highest BCUT2D eigenvalue weighted by molar-refractivity contribution is 5.79. The molecule has 1 atom stereocenters. The Kier molecular flexibility index (Phi) is 4.25. The summed E-state index contributed by atoms with van der Waals surface area (Å²) in [5.41, 5.74) is -0.657. The molecule has 2 saturated heterocycles. The van der Waals surface area contributed by atoms with Gasteiger partial charge in [-0.3, -0.25) is 9.69 Å². The molecule has 5 heteroatoms. The Hall–Kier alpha value is -0.650. The molecule has 1 unspecified atom stereocenters. The van der Waals surface area contributed by atoms with Gasteiger partial charge in [0.1, 0.15) is 0 Å². The Morgan fingerprint density at radius 1 is 1.44 bits per heavy atom. The highest BCUT2D eigenvalue weighted by Gasteiger charge is 2.31. The van der Waals surface area contributed by atoms with Gasteiger partial charge < -0.3 is 15.3 Å². The van der Waals surface area contributed by atoms with Gasteiger partial charge in [-0.05, 0) is 33.2 Å². The molecular formula is C13H25N3O2. The average Bonchev–Trinajstić information content (AvgIpc) is 2.27. The van der Waals surface area contributed by atoms with Crippen LogP contribution in [-0.2, 0) is 4.79 Å². The number of amides is 1. The van der Waals surface area contributed by atoms with E-state index < -0.39 is 5.60 Å². The first kappa shape index (κ1) is 13.8. The Labute approximate surface area is 109 Å². The van der Waals surface area contributed by atoms with Gasteiger partial charge in [0, 0.05) is 32.2 Å². The van der Waals surface area contributed by atoms with Gasteiger partial charge in [-0.25, -0.2) is 0 Å². The van der Waals surface area contributed by atoms with Crippen LogP contribution in [0.25, 0.3) is 0 Å². The molecule has 0 aromatic carbocycles. The maximum Gasteiger partial charge on any atom is 0.236 e. The van der Waals surface area contributed by atoms with Crippen molar-refractivity contribution in [3.8, 4) is 0 Å². The molecule has 0 aromatic heterocycles. The molecule has 0 aliphatic carbocycles. The first-order valence-corrected chi connectivity index (χ1v) is 6.91. The molecule has 2 fully saturated rings. The van der Waals surface area contributed by atoms with Crippen LogP contribution in [0.2, 0.25) is 0 Å². The minimum atomic E-state index is -0.657. The summed E-state index contributed by atoms with van der Waals surface area (Å²) in [4.78, 5) is 16.2. The predicted molar refractivity (Wildman–Crippen MR) is 70.3 cm³/mol. The molecule has 2 rings (SSSR count). The third-order valence-corrected chi connectivity index (χ3v) is 3.66. The van der Waals surface area contributed by atoms with Crippen LogP contribution in [0.1, 0.15) is 26.7 Å². The monoisotopic (exact) mass is 255 g/mol. The predicted octanol–water partition coefficient (Wildman–Crippen LogP) is -0.346. The van der Waals surface area contributed by atoms with E-state index in [1.807, 2.05) is 18.7 Å². The lowest BCUT2D eigenvalue weighted by Gasteiger charge is -2.42. The van der Waals surface area contributed by atoms with Gasteiger partial charge in [0.25, 0.3) is 0 Å². The van der Waals surface area contributed by atoms with E-state index in [2.05, 4.69) is 10.2 Å². The summed E-state index contributed by atoms with van der Waals surface area (Å²) in [7, 11) is 0. The lowest BCUT2D eigenvalue weighted by atomic mass is 10.0. The number of nitrogens with one attached hydrogen (secondary N) is 1. The van der Waals surface area contributed by atoms with Crippen molar-refractivity contribution in [2.45, 2.75) is 38.3 Å². The number of nitrogens with zero attached hydrogens (tertiary/aromatic N) is 2. The zero-order chi connectivity index (χ0) is 13.2. The van der Waals surface area contributed by atoms with Gasteiger partial charge in [0.2, 0.25) is 5.91 Å². The topological polar surface area (TPSA) is 55.8 Å². The van der Waals surface area contributed by atoms with Crippen LogP contribution in [0.5, 0.6) is 0 Å². The Morgan fingerprint density at radius 3 is 2.89 bits per heavy atom. The van der Waals surface area contributed by atoms with Crippen molar-refractivity contribution in [3.05, 3.63) is 0 Å². The maximum absolute atomic E-state index is 11.9. The molecule has 0 radical (unpaired) electrons. The number of hydrogen-bond acceptors (Lipinski definition) is 4. The van der Waals surface area contributed by atoms with E-state index in [1.165, 1.54) is 0 Å². The van der Waals surface area contributed by atoms with Crippen molar-refractivity contribution in [3.63, 3.8) is 0 Å². The van der Waals surface area contributed by atoms with Gasteiger partial charge in [0.15, 0.2) is 0 Å². The summed E-state index contributed by atoms with van der Waals surface area (Å²) < 4.78 is 0. The maximum atomic E-state index is 11.9. The van der Waals surface area contributed by atoms with Gasteiger partial charge in [0.05, 0.1) is 12.1 Å². The second kappa shape index (κ2) is 5.55. The summed E-state index contributed by atoms with van der Waals surface area (Å²) in [6.45, 7) is 8.48. The lowest BCUT2D eigenvalue weighted by Crippen LogP contribution is -2.57. The minimum Gasteiger partial charge on any atom is -0.389 e. The number of piperidine rings is 1. The van der Waals surface area contributed by atoms with Gasteiger partial charge in [-0.15, -0.1) is 0 Å². The zero-order valence-corrected chi connectivity index (χ0v) is 11.5. The number of aliphatic hydroxyl groups is 1. The average molecular weight is 255 g/mol. The molecule has 2 N–H and O–H groups in total. The van der Waals surface area contributed by atoms with E-state index in [1.54, 1.807) is 0 Å². The molecule has 5 nitrogen and oxygen atoms in total. The van der Waals surface area contributed by atoms with E-state index >= 15 is 0 Å². The summed E-state index contributed by atoms with van der Waals surface area (Å²) in [6, 6.07) is 0.329. The van der Waals surface area contributed by atoms with Crippen molar-refractivity contribution in [1.82, 2.24) is 15.1 Å². The van der Waals surface area contributed by atoms with Crippen LogP contribution in [0.15, 0.2) is 0 Å². The van der Waals surface area contributed by atoms with Crippen LogP contribution >= 0.6 is 0 Å². The zero-order valence-electron chi connectivity index (χ0n) is 11.5. The molecule has 2 aliphatic heterocycles. The molecule has 104 valence electrons. The van der Waals surface area contributed by atoms with E-state index in [4.69, 9.17) is 0 Å². The summed E-state index contributed by atoms with van der Waals surface area (Å²) in [5.74, 6) is 0.219. The SMILES string of the molecule is CC(C)(O)CN1CCCC(N2CCNCC2=O)C1. The fraction of sp³-hybridized carbons (Fsp3) is 0.923. The molecule has 1 amide bonds. The standard InChI is InChI=1S/C13H25N3O2/c1-13(2,18)10-15-6-3-4-11(9-15)16-7-5-14-8-12(16)17/h11,14,18H,3-10H2,1-2H3. The van der Waals surface area contributed by atoms with Crippen LogP contribution in [0, 0.1) is 0 Å². The Morgan fingerprint density at radius 2 is 2.22 bits per heavy atom. The molecule has 2 heterocycles. The van der Waals surface area contributed by atoms with E-state index in [0.717, 1.165) is 39.0 Å². The summed E-state index contributed by atoms with van der Waals surface area (Å²) in [5, 5.41) is 13.0. The molecule has 18 heavy (non-hydrogen) atoms. The first-order valence-electron chi connectivity index (χ1n) is 6.91. The third kappa shape index (κ3) is 3.67. The molecule has 2 aliphatic rings. The van der Waals surface area contributed by atoms with Gasteiger partial charge in [-0.2, -0.15) is 0 Å². The second-order valence-electron chi connectivity index (χ2n) is 6.11. The second-order valence-corrected chi connectivity index (χ2v) is 6.11. The number of β-amino-alcohol motifs (C(OH)–C–C–N with tert-alkyl or cyclic N) is 1. The lowest BCUT2D eigenvalue weighted by molar-refractivity contribution is -0.135. The number of rotatable bonds is 3. The van der Waals surface area contributed by atoms with Crippen molar-refractivity contribution >= 4 is 5.91 Å². The molecule has 0 bridgehead atoms. The summed E-state index contributed by atoms with van der Waals surface area (Å²) in [6.07, 6.45) is 2.20. The number of hydrogen-bond donors (Lipinski definition) is 2. The van der Waals surface area contributed by atoms with Crippen molar-refractivity contribution in [2.75, 3.05) is 39.3 Å². The first-order chi connectivity index (χ1) is 8.46. The van der Waals surface area contributed by atoms with Gasteiger partial charge in [-0.1, -0.05) is 0 Å². The van der Waals surface area contributed by atoms with Crippen molar-refractivity contribution < 1.29 is 9.90 Å². The molecule has 0 saturated carbocycles. The van der Waals surface area contributed by atoms with Crippen LogP contribution < -0.4 is 5.32 Å². The molecule has 0 spiro atoms. The molecule has 0 aromatic rings. The van der Waals surface area contributed by atoms with Gasteiger partial charge >= 0.3 is 0 Å². The quantitative estimate of drug-likeness (QED) is 0.724. The fourth-order valence-electron chi connectivity index (χ4n) is 2.98. The van der Waals surface area contributed by atoms with E-state index in [9.17, 15) is 9.90 Å². The molecular weight excluding hydrogens is 230 g/mol. The number of carbonyl (C=O) groups is 1. The fourth-order valence-corrected chi connectivity index (χ4v) is 2.98. The van der Waals surface area contributed by atoms with Crippen LogP contribution in [0.3, 0.4) is 0 Å². The smallest absolute Gasteiger partial charge is 0.236 e. The Balaban J connectivity index is 1.91. The largest absolute Gasteiger partial charge is 0.389 e. The number of likely N-dealkylation sites (tertiary alicyclic amines) is 1. The summed E-state index contributed by atoms with van der Waals surface area (Å²) >= 11 is 0. The third-order valence-electron chi connectivity index (χ3n) is 3.66. The van der Waals surface area contributed by atoms with E-state index in [0.29, 0.717) is 19.1 Å². The van der Waals surface area contributed by atoms with E-state index in [-0.39, 0.29) is 5.91 Å². The van der Waals surface area contributed by atoms with Crippen molar-refractivity contribution in [2.24, 2.45) is 0 Å². The Bertz CT molecular complexity index is 301. The number of piperazine rings is 1. The highest BCUT2D eigenvalue weighted by Crippen LogP contribution is 2.18. The number of carbonyl (C=O) groups excluding carboxylic acids is 1. The van der Waals surface area contributed by atoms with Crippen molar-refractivity contribution in [1.29, 1.82) is 0 Å². The van der Waals surface area contributed by atoms with Crippen LogP contribution in [0.4, 0.5) is 0 Å². The van der Waals surface area contributed by atoms with Crippen LogP contribution in [-0.4, -0.2) is 71.7 Å². The highest BCUT2D eigenvalue weighted by atomic mass is 16.3. The minimum absolute atomic E-state index is 0.219. The normalized spacial score (nSPS) is 27.6.